The lowest BCUT2D eigenvalue weighted by Crippen LogP contribution is -2.25. The first-order valence-electron chi connectivity index (χ1n) is 7.91. The molecule has 0 aromatic heterocycles. The van der Waals surface area contributed by atoms with Gasteiger partial charge in [0.25, 0.3) is 0 Å². The van der Waals surface area contributed by atoms with Crippen LogP contribution in [0.25, 0.3) is 0 Å². The summed E-state index contributed by atoms with van der Waals surface area (Å²) in [6.07, 6.45) is 4.11. The molecule has 6 rings (SSSR count). The van der Waals surface area contributed by atoms with Gasteiger partial charge in [0.05, 0.1) is 5.71 Å². The molecule has 2 aromatic rings. The predicted octanol–water partition coefficient (Wildman–Crippen LogP) is 3.13. The molecule has 0 radical (unpaired) electrons. The monoisotopic (exact) mass is 323 g/mol. The molecule has 4 aliphatic carbocycles. The quantitative estimate of drug-likeness (QED) is 0.507. The number of aryl methyl sites for hydroxylation is 4. The van der Waals surface area contributed by atoms with Crippen molar-refractivity contribution in [2.45, 2.75) is 32.6 Å². The zero-order chi connectivity index (χ0) is 16.2. The van der Waals surface area contributed by atoms with Crippen molar-refractivity contribution in [2.75, 3.05) is 0 Å². The van der Waals surface area contributed by atoms with Gasteiger partial charge < -0.3 is 5.73 Å². The van der Waals surface area contributed by atoms with Crippen LogP contribution < -0.4 is 11.2 Å². The maximum atomic E-state index is 5.47. The zero-order valence-corrected chi connectivity index (χ0v) is 14.1. The molecule has 118 valence electrons. The van der Waals surface area contributed by atoms with E-state index in [1.54, 1.807) is 0 Å². The van der Waals surface area contributed by atoms with Crippen LogP contribution in [0.3, 0.4) is 0 Å². The first kappa shape index (κ1) is 15.7. The lowest BCUT2D eigenvalue weighted by Gasteiger charge is -2.14. The molecule has 3 N–H and O–H groups in total. The van der Waals surface area contributed by atoms with Crippen LogP contribution in [0, 0.1) is 0 Å². The Hall–Kier alpha value is -2.20. The molecule has 0 fully saturated rings. The average Bonchev–Trinajstić information content (AvgIpc) is 2.55. The van der Waals surface area contributed by atoms with Crippen molar-refractivity contribution in [3.05, 3.63) is 70.3 Å². The van der Waals surface area contributed by atoms with Crippen molar-refractivity contribution < 1.29 is 0 Å². The van der Waals surface area contributed by atoms with Gasteiger partial charge in [-0.2, -0.15) is 5.10 Å². The minimum absolute atomic E-state index is 0.191. The number of hydrazone groups is 1. The number of thiocarbonyl (C=S) groups is 1. The molecule has 0 saturated heterocycles. The average molecular weight is 323 g/mol. The molecule has 0 spiro atoms. The fourth-order valence-electron chi connectivity index (χ4n) is 2.97. The van der Waals surface area contributed by atoms with Crippen molar-refractivity contribution in [3.63, 3.8) is 0 Å². The smallest absolute Gasteiger partial charge is 0.184 e. The van der Waals surface area contributed by atoms with Crippen molar-refractivity contribution in [1.82, 2.24) is 5.43 Å². The first-order chi connectivity index (χ1) is 11.1. The highest BCUT2D eigenvalue weighted by Gasteiger charge is 2.10. The number of rotatable bonds is 2. The number of hydrogen-bond donors (Lipinski definition) is 2. The van der Waals surface area contributed by atoms with Crippen LogP contribution in [0.2, 0.25) is 0 Å². The fraction of sp³-hybridized carbons (Fsp3) is 0.263. The minimum atomic E-state index is 0.191. The summed E-state index contributed by atoms with van der Waals surface area (Å²) >= 11 is 4.83. The van der Waals surface area contributed by atoms with Crippen molar-refractivity contribution in [3.8, 4) is 0 Å². The lowest BCUT2D eigenvalue weighted by molar-refractivity contribution is 0.917. The summed E-state index contributed by atoms with van der Waals surface area (Å²) in [4.78, 5) is 0. The van der Waals surface area contributed by atoms with Crippen molar-refractivity contribution in [2.24, 2.45) is 10.8 Å². The second kappa shape index (κ2) is 6.92. The highest BCUT2D eigenvalue weighted by atomic mass is 32.1. The van der Waals surface area contributed by atoms with Crippen molar-refractivity contribution >= 4 is 23.0 Å². The molecule has 0 aliphatic heterocycles. The topological polar surface area (TPSA) is 50.4 Å². The summed E-state index contributed by atoms with van der Waals surface area (Å²) in [5, 5.41) is 4.50. The van der Waals surface area contributed by atoms with E-state index in [9.17, 15) is 0 Å². The molecule has 4 bridgehead atoms. The van der Waals surface area contributed by atoms with Gasteiger partial charge in [-0.25, -0.2) is 0 Å². The summed E-state index contributed by atoms with van der Waals surface area (Å²) < 4.78 is 0. The van der Waals surface area contributed by atoms with Gasteiger partial charge in [0.2, 0.25) is 0 Å². The van der Waals surface area contributed by atoms with E-state index in [1.165, 1.54) is 27.8 Å². The van der Waals surface area contributed by atoms with Gasteiger partial charge in [0.15, 0.2) is 5.11 Å². The molecule has 2 aromatic carbocycles. The van der Waals surface area contributed by atoms with E-state index in [4.69, 9.17) is 18.0 Å². The summed E-state index contributed by atoms with van der Waals surface area (Å²) in [6, 6.07) is 15.7. The highest BCUT2D eigenvalue weighted by Crippen LogP contribution is 2.20. The number of nitrogens with two attached hydrogens (primary N) is 1. The lowest BCUT2D eigenvalue weighted by atomic mass is 9.92. The third-order valence-electron chi connectivity index (χ3n) is 4.31. The Morgan fingerprint density at radius 1 is 0.957 bits per heavy atom. The molecule has 0 heterocycles. The van der Waals surface area contributed by atoms with E-state index >= 15 is 0 Å². The van der Waals surface area contributed by atoms with E-state index in [0.717, 1.165) is 31.4 Å². The van der Waals surface area contributed by atoms with E-state index in [2.05, 4.69) is 53.0 Å². The van der Waals surface area contributed by atoms with Crippen molar-refractivity contribution in [1.29, 1.82) is 0 Å². The van der Waals surface area contributed by atoms with Gasteiger partial charge in [-0.1, -0.05) is 36.4 Å². The van der Waals surface area contributed by atoms with Crippen LogP contribution in [-0.2, 0) is 25.7 Å². The molecule has 0 amide bonds. The second-order valence-corrected chi connectivity index (χ2v) is 6.42. The molecule has 23 heavy (non-hydrogen) atoms. The van der Waals surface area contributed by atoms with Crippen LogP contribution in [0.5, 0.6) is 0 Å². The predicted molar refractivity (Wildman–Crippen MR) is 99.8 cm³/mol. The van der Waals surface area contributed by atoms with E-state index in [0.29, 0.717) is 0 Å². The summed E-state index contributed by atoms with van der Waals surface area (Å²) in [5.74, 6) is 0. The Labute approximate surface area is 142 Å². The van der Waals surface area contributed by atoms with Gasteiger partial charge >= 0.3 is 0 Å². The summed E-state index contributed by atoms with van der Waals surface area (Å²) in [7, 11) is 0. The Kier molecular flexibility index (Phi) is 4.72. The number of benzene rings is 2. The van der Waals surface area contributed by atoms with Crippen LogP contribution in [-0.4, -0.2) is 10.8 Å². The largest absolute Gasteiger partial charge is 0.375 e. The standard InChI is InChI=1S/C19H21N3S/c1-13(21-22-19(20)23)18-12-16-7-6-14-2-4-15(5-3-14)8-10-17(18)11-9-16/h2-5,9,11-12H,6-8,10H2,1H3,(H3,20,22,23)/b21-13-. The molecule has 0 atom stereocenters. The molecule has 4 heteroatoms. The van der Waals surface area contributed by atoms with Gasteiger partial charge in [-0.3, -0.25) is 5.43 Å². The van der Waals surface area contributed by atoms with Gasteiger partial charge in [0, 0.05) is 5.56 Å². The van der Waals surface area contributed by atoms with Gasteiger partial charge in [-0.15, -0.1) is 0 Å². The number of hydrogen-bond acceptors (Lipinski definition) is 2. The Balaban J connectivity index is 1.96. The third-order valence-corrected chi connectivity index (χ3v) is 4.40. The molecule has 0 unspecified atom stereocenters. The molecular weight excluding hydrogens is 302 g/mol. The zero-order valence-electron chi connectivity index (χ0n) is 13.3. The van der Waals surface area contributed by atoms with E-state index < -0.39 is 0 Å². The van der Waals surface area contributed by atoms with Gasteiger partial charge in [0.1, 0.15) is 0 Å². The van der Waals surface area contributed by atoms with Crippen LogP contribution in [0.15, 0.2) is 47.6 Å². The Morgan fingerprint density at radius 3 is 2.17 bits per heavy atom. The number of nitrogens with zero attached hydrogens (tertiary/aromatic N) is 1. The molecular formula is C19H21N3S. The highest BCUT2D eigenvalue weighted by molar-refractivity contribution is 7.80. The number of nitrogens with one attached hydrogen (secondary N) is 1. The summed E-state index contributed by atoms with van der Waals surface area (Å²) in [5.41, 5.74) is 15.7. The Morgan fingerprint density at radius 2 is 1.52 bits per heavy atom. The normalized spacial score (nSPS) is 14.2. The maximum absolute atomic E-state index is 5.47. The molecule has 0 saturated carbocycles. The third kappa shape index (κ3) is 3.96. The second-order valence-electron chi connectivity index (χ2n) is 5.98. The molecule has 3 nitrogen and oxygen atoms in total. The van der Waals surface area contributed by atoms with Crippen LogP contribution >= 0.6 is 12.2 Å². The Bertz CT molecular complexity index is 748. The molecule has 4 aliphatic rings. The van der Waals surface area contributed by atoms with E-state index in [1.807, 2.05) is 6.92 Å². The van der Waals surface area contributed by atoms with Crippen LogP contribution in [0.1, 0.15) is 34.7 Å². The first-order valence-corrected chi connectivity index (χ1v) is 8.32. The minimum Gasteiger partial charge on any atom is -0.375 e. The van der Waals surface area contributed by atoms with Crippen LogP contribution in [0.4, 0.5) is 0 Å². The summed E-state index contributed by atoms with van der Waals surface area (Å²) in [6.45, 7) is 1.99. The fourth-order valence-corrected chi connectivity index (χ4v) is 3.02. The van der Waals surface area contributed by atoms with Gasteiger partial charge in [-0.05, 0) is 73.1 Å². The SMILES string of the molecule is C/C(=N/NC(N)=S)c1cc2ccc1CCc1ccc(cc1)CC2. The maximum Gasteiger partial charge on any atom is 0.184 e. The van der Waals surface area contributed by atoms with E-state index in [-0.39, 0.29) is 5.11 Å².